The highest BCUT2D eigenvalue weighted by Crippen LogP contribution is 2.35. The standard InChI is InChI=1S/C25H27FO5S/c1-13-3-4-16(25-23(30)21(28)22(29)24(31-25)14(2)27)11-17(13)12-19-9-10-20(32-19)15-5-7-18(26)8-6-15/h3-11,14,21-25,27-30H,12H2,1-2H3/t14-,21+,22+,23-,24-,25+/m1/s1. The van der Waals surface area contributed by atoms with Crippen molar-refractivity contribution in [2.45, 2.75) is 56.9 Å². The molecule has 1 fully saturated rings. The van der Waals surface area contributed by atoms with Crippen LogP contribution in [0.15, 0.2) is 54.6 Å². The number of hydrogen-bond donors (Lipinski definition) is 4. The minimum atomic E-state index is -1.42. The number of ether oxygens (including phenoxy) is 1. The average Bonchev–Trinajstić information content (AvgIpc) is 3.23. The molecule has 4 N–H and O–H groups in total. The van der Waals surface area contributed by atoms with E-state index in [4.69, 9.17) is 4.74 Å². The molecular formula is C25H27FO5S. The van der Waals surface area contributed by atoms with E-state index in [9.17, 15) is 24.8 Å². The van der Waals surface area contributed by atoms with E-state index in [1.807, 2.05) is 37.3 Å². The van der Waals surface area contributed by atoms with Gasteiger partial charge in [-0.2, -0.15) is 0 Å². The van der Waals surface area contributed by atoms with Crippen molar-refractivity contribution in [3.8, 4) is 10.4 Å². The van der Waals surface area contributed by atoms with Crippen LogP contribution in [0.4, 0.5) is 4.39 Å². The van der Waals surface area contributed by atoms with Crippen LogP contribution in [0.1, 0.15) is 34.6 Å². The van der Waals surface area contributed by atoms with Gasteiger partial charge in [-0.15, -0.1) is 11.3 Å². The lowest BCUT2D eigenvalue weighted by atomic mass is 9.88. The molecule has 0 aliphatic carbocycles. The predicted molar refractivity (Wildman–Crippen MR) is 121 cm³/mol. The maximum atomic E-state index is 13.2. The molecular weight excluding hydrogens is 431 g/mol. The SMILES string of the molecule is Cc1ccc([C@@H]2O[C@H]([C@@H](C)O)[C@@H](O)[C@H](O)[C@H]2O)cc1Cc1ccc(-c2ccc(F)cc2)s1. The zero-order chi connectivity index (χ0) is 23.0. The summed E-state index contributed by atoms with van der Waals surface area (Å²) in [4.78, 5) is 2.18. The minimum Gasteiger partial charge on any atom is -0.391 e. The molecule has 1 aliphatic rings. The normalized spacial score (nSPS) is 26.8. The lowest BCUT2D eigenvalue weighted by Crippen LogP contribution is -2.57. The van der Waals surface area contributed by atoms with E-state index in [0.29, 0.717) is 12.0 Å². The summed E-state index contributed by atoms with van der Waals surface area (Å²) in [6.07, 6.45) is -6.32. The number of aliphatic hydroxyl groups is 4. The maximum absolute atomic E-state index is 13.2. The number of thiophene rings is 1. The number of halogens is 1. The van der Waals surface area contributed by atoms with Crippen LogP contribution in [0.3, 0.4) is 0 Å². The van der Waals surface area contributed by atoms with Crippen molar-refractivity contribution in [1.82, 2.24) is 0 Å². The molecule has 0 amide bonds. The van der Waals surface area contributed by atoms with Crippen LogP contribution in [0.2, 0.25) is 0 Å². The number of benzene rings is 2. The van der Waals surface area contributed by atoms with E-state index in [2.05, 4.69) is 0 Å². The molecule has 2 heterocycles. The van der Waals surface area contributed by atoms with Crippen LogP contribution < -0.4 is 0 Å². The Morgan fingerprint density at radius 3 is 2.38 bits per heavy atom. The van der Waals surface area contributed by atoms with Gasteiger partial charge in [0.1, 0.15) is 36.3 Å². The Labute approximate surface area is 190 Å². The third-order valence-corrected chi connectivity index (χ3v) is 7.12. The number of hydrogen-bond acceptors (Lipinski definition) is 6. The maximum Gasteiger partial charge on any atom is 0.123 e. The first-order chi connectivity index (χ1) is 15.2. The Morgan fingerprint density at radius 2 is 1.69 bits per heavy atom. The molecule has 4 rings (SSSR count). The van der Waals surface area contributed by atoms with E-state index in [0.717, 1.165) is 26.4 Å². The third-order valence-electron chi connectivity index (χ3n) is 5.98. The fourth-order valence-corrected chi connectivity index (χ4v) is 5.11. The van der Waals surface area contributed by atoms with Crippen LogP contribution in [-0.4, -0.2) is 50.9 Å². The third kappa shape index (κ3) is 4.64. The van der Waals surface area contributed by atoms with E-state index in [-0.39, 0.29) is 5.82 Å². The van der Waals surface area contributed by atoms with E-state index < -0.39 is 36.6 Å². The fourth-order valence-electron chi connectivity index (χ4n) is 4.07. The zero-order valence-electron chi connectivity index (χ0n) is 17.9. The largest absolute Gasteiger partial charge is 0.391 e. The summed E-state index contributed by atoms with van der Waals surface area (Å²) in [6.45, 7) is 3.48. The van der Waals surface area contributed by atoms with Gasteiger partial charge in [0.25, 0.3) is 0 Å². The van der Waals surface area contributed by atoms with Crippen LogP contribution >= 0.6 is 11.3 Å². The molecule has 0 spiro atoms. The minimum absolute atomic E-state index is 0.263. The monoisotopic (exact) mass is 458 g/mol. The highest BCUT2D eigenvalue weighted by molar-refractivity contribution is 7.15. The molecule has 0 unspecified atom stereocenters. The fraction of sp³-hybridized carbons (Fsp3) is 0.360. The van der Waals surface area contributed by atoms with Gasteiger partial charge in [-0.05, 0) is 60.4 Å². The first kappa shape index (κ1) is 23.0. The lowest BCUT2D eigenvalue weighted by Gasteiger charge is -2.42. The Bertz CT molecular complexity index is 1060. The molecule has 1 saturated heterocycles. The molecule has 7 heteroatoms. The van der Waals surface area contributed by atoms with E-state index in [1.54, 1.807) is 23.5 Å². The Hall–Kier alpha value is -2.13. The van der Waals surface area contributed by atoms with Crippen molar-refractivity contribution >= 4 is 11.3 Å². The predicted octanol–water partition coefficient (Wildman–Crippen LogP) is 3.36. The van der Waals surface area contributed by atoms with E-state index in [1.165, 1.54) is 19.1 Å². The second kappa shape index (κ2) is 9.39. The topological polar surface area (TPSA) is 90.2 Å². The van der Waals surface area contributed by atoms with Gasteiger partial charge in [0.2, 0.25) is 0 Å². The second-order valence-corrected chi connectivity index (χ2v) is 9.54. The molecule has 1 aliphatic heterocycles. The van der Waals surface area contributed by atoms with Gasteiger partial charge in [-0.1, -0.05) is 30.3 Å². The molecule has 0 saturated carbocycles. The number of rotatable bonds is 5. The molecule has 0 bridgehead atoms. The molecule has 2 aromatic carbocycles. The molecule has 32 heavy (non-hydrogen) atoms. The van der Waals surface area contributed by atoms with Crippen molar-refractivity contribution in [3.05, 3.63) is 82.0 Å². The van der Waals surface area contributed by atoms with Gasteiger partial charge >= 0.3 is 0 Å². The van der Waals surface area contributed by atoms with Crippen LogP contribution in [-0.2, 0) is 11.2 Å². The van der Waals surface area contributed by atoms with Crippen LogP contribution in [0.5, 0.6) is 0 Å². The molecule has 6 atom stereocenters. The second-order valence-electron chi connectivity index (χ2n) is 8.37. The summed E-state index contributed by atoms with van der Waals surface area (Å²) in [5.74, 6) is -0.263. The van der Waals surface area contributed by atoms with Crippen LogP contribution in [0, 0.1) is 12.7 Å². The van der Waals surface area contributed by atoms with Gasteiger partial charge in [0, 0.05) is 16.2 Å². The summed E-state index contributed by atoms with van der Waals surface area (Å²) in [7, 11) is 0. The Morgan fingerprint density at radius 1 is 0.969 bits per heavy atom. The first-order valence-corrected chi connectivity index (χ1v) is 11.4. The van der Waals surface area contributed by atoms with Crippen molar-refractivity contribution in [3.63, 3.8) is 0 Å². The van der Waals surface area contributed by atoms with Crippen molar-refractivity contribution < 1.29 is 29.6 Å². The van der Waals surface area contributed by atoms with Gasteiger partial charge < -0.3 is 25.2 Å². The molecule has 1 aromatic heterocycles. The van der Waals surface area contributed by atoms with Crippen molar-refractivity contribution in [2.24, 2.45) is 0 Å². The smallest absolute Gasteiger partial charge is 0.123 e. The molecule has 3 aromatic rings. The zero-order valence-corrected chi connectivity index (χ0v) is 18.7. The summed E-state index contributed by atoms with van der Waals surface area (Å²) in [5.41, 5.74) is 3.75. The highest BCUT2D eigenvalue weighted by Gasteiger charge is 2.45. The van der Waals surface area contributed by atoms with Crippen molar-refractivity contribution in [2.75, 3.05) is 0 Å². The summed E-state index contributed by atoms with van der Waals surface area (Å²) < 4.78 is 19.0. The first-order valence-electron chi connectivity index (χ1n) is 10.6. The summed E-state index contributed by atoms with van der Waals surface area (Å²) in [5, 5.41) is 40.8. The lowest BCUT2D eigenvalue weighted by molar-refractivity contribution is -0.243. The van der Waals surface area contributed by atoms with Gasteiger partial charge in [-0.3, -0.25) is 0 Å². The number of aliphatic hydroxyl groups excluding tert-OH is 4. The average molecular weight is 459 g/mol. The molecule has 5 nitrogen and oxygen atoms in total. The molecule has 0 radical (unpaired) electrons. The van der Waals surface area contributed by atoms with E-state index >= 15 is 0 Å². The Kier molecular flexibility index (Phi) is 6.76. The summed E-state index contributed by atoms with van der Waals surface area (Å²) >= 11 is 1.63. The van der Waals surface area contributed by atoms with Gasteiger partial charge in [0.15, 0.2) is 0 Å². The summed E-state index contributed by atoms with van der Waals surface area (Å²) in [6, 6.07) is 16.2. The van der Waals surface area contributed by atoms with Gasteiger partial charge in [0.05, 0.1) is 6.10 Å². The highest BCUT2D eigenvalue weighted by atomic mass is 32.1. The van der Waals surface area contributed by atoms with Crippen molar-refractivity contribution in [1.29, 1.82) is 0 Å². The molecule has 170 valence electrons. The quantitative estimate of drug-likeness (QED) is 0.471. The number of aryl methyl sites for hydroxylation is 1. The van der Waals surface area contributed by atoms with Crippen LogP contribution in [0.25, 0.3) is 10.4 Å². The Balaban J connectivity index is 1.57. The van der Waals surface area contributed by atoms with Gasteiger partial charge in [-0.25, -0.2) is 4.39 Å².